The maximum Gasteiger partial charge on any atom is 0.0237 e. The van der Waals surface area contributed by atoms with Gasteiger partial charge in [-0.1, -0.05) is 31.2 Å². The van der Waals surface area contributed by atoms with Crippen LogP contribution in [0.3, 0.4) is 0 Å². The highest BCUT2D eigenvalue weighted by Crippen LogP contribution is 2.16. The molecule has 0 amide bonds. The molecule has 0 aliphatic carbocycles. The van der Waals surface area contributed by atoms with Crippen molar-refractivity contribution in [3.63, 3.8) is 0 Å². The van der Waals surface area contributed by atoms with Crippen molar-refractivity contribution in [3.8, 4) is 0 Å². The molecular formula is C17H29N3. The number of rotatable bonds is 6. The molecule has 3 nitrogen and oxygen atoms in total. The summed E-state index contributed by atoms with van der Waals surface area (Å²) in [6.07, 6.45) is 2.37. The van der Waals surface area contributed by atoms with E-state index in [1.807, 2.05) is 7.05 Å². The first-order valence-electron chi connectivity index (χ1n) is 7.88. The predicted molar refractivity (Wildman–Crippen MR) is 86.1 cm³/mol. The Labute approximate surface area is 124 Å². The van der Waals surface area contributed by atoms with Crippen molar-refractivity contribution in [2.75, 3.05) is 40.3 Å². The lowest BCUT2D eigenvalue weighted by Gasteiger charge is -2.39. The van der Waals surface area contributed by atoms with Crippen LogP contribution >= 0.6 is 0 Å². The molecule has 0 bridgehead atoms. The van der Waals surface area contributed by atoms with Gasteiger partial charge in [-0.2, -0.15) is 0 Å². The van der Waals surface area contributed by atoms with E-state index in [1.165, 1.54) is 37.2 Å². The zero-order valence-electron chi connectivity index (χ0n) is 13.2. The minimum absolute atomic E-state index is 0.716. The number of hydrogen-bond donors (Lipinski definition) is 1. The van der Waals surface area contributed by atoms with E-state index < -0.39 is 0 Å². The molecule has 1 N–H and O–H groups in total. The monoisotopic (exact) mass is 275 g/mol. The van der Waals surface area contributed by atoms with Crippen LogP contribution in [0.5, 0.6) is 0 Å². The Morgan fingerprint density at radius 2 is 1.95 bits per heavy atom. The third-order valence-electron chi connectivity index (χ3n) is 4.49. The van der Waals surface area contributed by atoms with Crippen molar-refractivity contribution >= 4 is 0 Å². The number of benzene rings is 1. The molecule has 2 rings (SSSR count). The highest BCUT2D eigenvalue weighted by atomic mass is 15.3. The lowest BCUT2D eigenvalue weighted by Crippen LogP contribution is -2.50. The van der Waals surface area contributed by atoms with Gasteiger partial charge in [-0.05, 0) is 44.6 Å². The van der Waals surface area contributed by atoms with Crippen molar-refractivity contribution in [2.45, 2.75) is 32.4 Å². The van der Waals surface area contributed by atoms with Gasteiger partial charge in [0, 0.05) is 32.2 Å². The van der Waals surface area contributed by atoms with Crippen LogP contribution in [0.2, 0.25) is 0 Å². The molecule has 1 aromatic rings. The van der Waals surface area contributed by atoms with Gasteiger partial charge in [-0.25, -0.2) is 0 Å². The number of nitrogens with zero attached hydrogens (tertiary/aromatic N) is 2. The van der Waals surface area contributed by atoms with Gasteiger partial charge in [-0.3, -0.25) is 4.90 Å². The summed E-state index contributed by atoms with van der Waals surface area (Å²) in [4.78, 5) is 5.12. The number of piperazine rings is 1. The smallest absolute Gasteiger partial charge is 0.0237 e. The highest BCUT2D eigenvalue weighted by molar-refractivity contribution is 5.27. The van der Waals surface area contributed by atoms with E-state index in [4.69, 9.17) is 0 Å². The third kappa shape index (κ3) is 4.05. The summed E-state index contributed by atoms with van der Waals surface area (Å²) < 4.78 is 0. The summed E-state index contributed by atoms with van der Waals surface area (Å²) in [5, 5.41) is 3.25. The van der Waals surface area contributed by atoms with Gasteiger partial charge in [0.1, 0.15) is 0 Å². The van der Waals surface area contributed by atoms with E-state index in [-0.39, 0.29) is 0 Å². The molecule has 3 heteroatoms. The number of likely N-dealkylation sites (N-methyl/N-ethyl adjacent to an activating group) is 2. The van der Waals surface area contributed by atoms with Gasteiger partial charge in [0.25, 0.3) is 0 Å². The molecule has 112 valence electrons. The summed E-state index contributed by atoms with van der Waals surface area (Å²) in [5.74, 6) is 0. The second-order valence-electron chi connectivity index (χ2n) is 5.90. The summed E-state index contributed by atoms with van der Waals surface area (Å²) in [6.45, 7) is 8.03. The van der Waals surface area contributed by atoms with Crippen molar-refractivity contribution in [3.05, 3.63) is 35.4 Å². The Morgan fingerprint density at radius 3 is 2.65 bits per heavy atom. The molecule has 0 aromatic heterocycles. The maximum absolute atomic E-state index is 3.25. The van der Waals surface area contributed by atoms with Gasteiger partial charge in [0.15, 0.2) is 0 Å². The van der Waals surface area contributed by atoms with Crippen LogP contribution in [0.4, 0.5) is 0 Å². The van der Waals surface area contributed by atoms with Crippen LogP contribution in [-0.2, 0) is 13.0 Å². The van der Waals surface area contributed by atoms with Gasteiger partial charge >= 0.3 is 0 Å². The van der Waals surface area contributed by atoms with Crippen molar-refractivity contribution < 1.29 is 0 Å². The van der Waals surface area contributed by atoms with E-state index in [0.717, 1.165) is 19.5 Å². The van der Waals surface area contributed by atoms with Crippen LogP contribution in [0.15, 0.2) is 24.3 Å². The Bertz CT molecular complexity index is 405. The number of nitrogens with one attached hydrogen (secondary N) is 1. The summed E-state index contributed by atoms with van der Waals surface area (Å²) in [7, 11) is 4.28. The fraction of sp³-hybridized carbons (Fsp3) is 0.647. The molecular weight excluding hydrogens is 246 g/mol. The van der Waals surface area contributed by atoms with Crippen LogP contribution in [0, 0.1) is 0 Å². The molecule has 1 aromatic carbocycles. The zero-order valence-corrected chi connectivity index (χ0v) is 13.2. The molecule has 1 atom stereocenters. The maximum atomic E-state index is 3.25. The first-order valence-corrected chi connectivity index (χ1v) is 7.88. The highest BCUT2D eigenvalue weighted by Gasteiger charge is 2.23. The molecule has 1 aliphatic rings. The predicted octanol–water partition coefficient (Wildman–Crippen LogP) is 1.97. The van der Waals surface area contributed by atoms with Crippen LogP contribution in [0.25, 0.3) is 0 Å². The molecule has 1 aliphatic heterocycles. The largest absolute Gasteiger partial charge is 0.319 e. The molecule has 20 heavy (non-hydrogen) atoms. The number of hydrogen-bond acceptors (Lipinski definition) is 3. The van der Waals surface area contributed by atoms with E-state index in [2.05, 4.69) is 53.4 Å². The van der Waals surface area contributed by atoms with Crippen LogP contribution in [0.1, 0.15) is 24.5 Å². The molecule has 0 saturated carbocycles. The molecule has 0 radical (unpaired) electrons. The molecule has 1 unspecified atom stereocenters. The fourth-order valence-corrected chi connectivity index (χ4v) is 3.05. The first kappa shape index (κ1) is 15.5. The summed E-state index contributed by atoms with van der Waals surface area (Å²) in [6, 6.07) is 9.62. The van der Waals surface area contributed by atoms with Crippen molar-refractivity contribution in [1.82, 2.24) is 15.1 Å². The Morgan fingerprint density at radius 1 is 1.20 bits per heavy atom. The lowest BCUT2D eigenvalue weighted by molar-refractivity contribution is 0.0882. The third-order valence-corrected chi connectivity index (χ3v) is 4.49. The lowest BCUT2D eigenvalue weighted by atomic mass is 10.0. The van der Waals surface area contributed by atoms with Crippen LogP contribution in [-0.4, -0.2) is 56.1 Å². The van der Waals surface area contributed by atoms with Gasteiger partial charge < -0.3 is 10.2 Å². The van der Waals surface area contributed by atoms with E-state index in [1.54, 1.807) is 0 Å². The van der Waals surface area contributed by atoms with E-state index in [9.17, 15) is 0 Å². The van der Waals surface area contributed by atoms with E-state index >= 15 is 0 Å². The minimum atomic E-state index is 0.716. The second-order valence-corrected chi connectivity index (χ2v) is 5.90. The van der Waals surface area contributed by atoms with Crippen LogP contribution < -0.4 is 5.32 Å². The normalized spacial score (nSPS) is 21.2. The second kappa shape index (κ2) is 7.77. The Hall–Kier alpha value is -0.900. The molecule has 1 fully saturated rings. The average molecular weight is 275 g/mol. The fourth-order valence-electron chi connectivity index (χ4n) is 3.05. The minimum Gasteiger partial charge on any atom is -0.319 e. The van der Waals surface area contributed by atoms with Gasteiger partial charge in [0.05, 0.1) is 0 Å². The first-order chi connectivity index (χ1) is 9.74. The quantitative estimate of drug-likeness (QED) is 0.856. The molecule has 1 heterocycles. The standard InChI is InChI=1S/C17H29N3/c1-4-17-14-20(12-11-19(17)3)13-16-8-6-5-7-15(16)9-10-18-2/h5-8,17-18H,4,9-14H2,1-3H3. The SMILES string of the molecule is CCC1CN(Cc2ccccc2CCNC)CCN1C. The Balaban J connectivity index is 1.99. The molecule has 1 saturated heterocycles. The van der Waals surface area contributed by atoms with Crippen molar-refractivity contribution in [1.29, 1.82) is 0 Å². The van der Waals surface area contributed by atoms with Crippen molar-refractivity contribution in [2.24, 2.45) is 0 Å². The zero-order chi connectivity index (χ0) is 14.4. The average Bonchev–Trinajstić information content (AvgIpc) is 2.48. The van der Waals surface area contributed by atoms with E-state index in [0.29, 0.717) is 6.04 Å². The summed E-state index contributed by atoms with van der Waals surface area (Å²) in [5.41, 5.74) is 3.00. The molecule has 0 spiro atoms. The Kier molecular flexibility index (Phi) is 6.02. The topological polar surface area (TPSA) is 18.5 Å². The van der Waals surface area contributed by atoms with Gasteiger partial charge in [0.2, 0.25) is 0 Å². The van der Waals surface area contributed by atoms with Gasteiger partial charge in [-0.15, -0.1) is 0 Å². The summed E-state index contributed by atoms with van der Waals surface area (Å²) >= 11 is 0.